The van der Waals surface area contributed by atoms with Crippen LogP contribution in [-0.4, -0.2) is 40.1 Å². The molecule has 0 amide bonds. The Hall–Kier alpha value is -8.24. The van der Waals surface area contributed by atoms with Crippen LogP contribution in [-0.2, 0) is 49.6 Å². The van der Waals surface area contributed by atoms with E-state index >= 15 is 0 Å². The molecule has 8 bridgehead atoms. The normalized spacial score (nSPS) is 13.5. The molecule has 5 heterocycles. The SMILES string of the molecule is CC(C)(C)c1ccc(C2=C(c3ccc(C(C)(C)C)cc3)c3nc2nc2[n-]c(nc4nc(nc5[n-]c(n3)c(-c3ccc(C(C)(C)C)cc3)c5-c3ccc(C(C)(C)C)cc3)C(O)=C4O)c(-c3ccc(C(C)(C)C)cc3)c2-c2ccc(C(C)(C)C)cc2)cc1.[Cu+2]. The fraction of sp³-hybridized carbons (Fsp3) is 0.316. The van der Waals surface area contributed by atoms with Crippen LogP contribution in [0.5, 0.6) is 0 Å². The van der Waals surface area contributed by atoms with Crippen LogP contribution >= 0.6 is 0 Å². The number of fused-ring (bicyclic) bond motifs is 8. The summed E-state index contributed by atoms with van der Waals surface area (Å²) in [7, 11) is 0. The number of rotatable bonds is 6. The zero-order valence-electron chi connectivity index (χ0n) is 53.6. The molecule has 0 fully saturated rings. The van der Waals surface area contributed by atoms with Crippen molar-refractivity contribution in [3.63, 3.8) is 0 Å². The molecule has 10 nitrogen and oxygen atoms in total. The third-order valence-corrected chi connectivity index (χ3v) is 16.7. The van der Waals surface area contributed by atoms with Crippen LogP contribution in [0.2, 0.25) is 0 Å². The zero-order valence-corrected chi connectivity index (χ0v) is 54.6. The summed E-state index contributed by atoms with van der Waals surface area (Å²) in [6.07, 6.45) is 0. The van der Waals surface area contributed by atoms with Gasteiger partial charge in [0.15, 0.2) is 11.5 Å². The molecule has 6 aromatic carbocycles. The topological polar surface area (TPSA) is 146 Å². The van der Waals surface area contributed by atoms with Crippen LogP contribution in [0.15, 0.2) is 146 Å². The predicted molar refractivity (Wildman–Crippen MR) is 354 cm³/mol. The van der Waals surface area contributed by atoms with Crippen molar-refractivity contribution < 1.29 is 27.3 Å². The Morgan fingerprint density at radius 3 is 0.609 bits per heavy atom. The van der Waals surface area contributed by atoms with E-state index in [4.69, 9.17) is 39.9 Å². The second kappa shape index (κ2) is 22.2. The molecular weight excluding hydrogens is 1120 g/mol. The van der Waals surface area contributed by atoms with E-state index in [0.717, 1.165) is 66.8 Å². The van der Waals surface area contributed by atoms with Gasteiger partial charge in [-0.2, -0.15) is 0 Å². The number of aliphatic hydroxyl groups is 2. The molecular formula is C76H80CuN8O2. The van der Waals surface area contributed by atoms with Crippen molar-refractivity contribution in [3.05, 3.63) is 213 Å². The van der Waals surface area contributed by atoms with Crippen LogP contribution in [0, 0.1) is 0 Å². The van der Waals surface area contributed by atoms with Gasteiger partial charge >= 0.3 is 17.1 Å². The van der Waals surface area contributed by atoms with Crippen LogP contribution in [0.3, 0.4) is 0 Å². The summed E-state index contributed by atoms with van der Waals surface area (Å²) in [4.78, 5) is 42.8. The molecule has 2 N–H and O–H groups in total. The van der Waals surface area contributed by atoms with E-state index < -0.39 is 11.5 Å². The fourth-order valence-electron chi connectivity index (χ4n) is 11.2. The summed E-state index contributed by atoms with van der Waals surface area (Å²) in [5, 5.41) is 24.1. The average molecular weight is 1200 g/mol. The maximum absolute atomic E-state index is 12.1. The average Bonchev–Trinajstić information content (AvgIpc) is 1.73. The van der Waals surface area contributed by atoms with E-state index in [9.17, 15) is 10.2 Å². The Morgan fingerprint density at radius 1 is 0.241 bits per heavy atom. The number of benzene rings is 6. The predicted octanol–water partition coefficient (Wildman–Crippen LogP) is 18.6. The number of aromatic nitrogens is 8. The molecule has 447 valence electrons. The zero-order chi connectivity index (χ0) is 61.8. The van der Waals surface area contributed by atoms with Gasteiger partial charge in [-0.05, 0) is 99.3 Å². The van der Waals surface area contributed by atoms with E-state index in [1.165, 1.54) is 11.1 Å². The van der Waals surface area contributed by atoms with Crippen molar-refractivity contribution in [3.8, 4) is 44.5 Å². The molecule has 11 heteroatoms. The Balaban J connectivity index is 0.00000838. The fourth-order valence-corrected chi connectivity index (χ4v) is 11.2. The second-order valence-corrected chi connectivity index (χ2v) is 29.4. The molecule has 0 saturated heterocycles. The Labute approximate surface area is 524 Å². The smallest absolute Gasteiger partial charge is 0.503 e. The van der Waals surface area contributed by atoms with E-state index in [1.54, 1.807) is 0 Å². The summed E-state index contributed by atoms with van der Waals surface area (Å²) in [6.45, 7) is 39.7. The number of aliphatic hydroxyl groups excluding tert-OH is 2. The van der Waals surface area contributed by atoms with Gasteiger partial charge in [-0.3, -0.25) is 0 Å². The van der Waals surface area contributed by atoms with Crippen molar-refractivity contribution in [2.75, 3.05) is 0 Å². The van der Waals surface area contributed by atoms with Gasteiger partial charge in [0.1, 0.15) is 11.6 Å². The minimum absolute atomic E-state index is 0. The van der Waals surface area contributed by atoms with Crippen LogP contribution in [0.1, 0.15) is 192 Å². The molecule has 87 heavy (non-hydrogen) atoms. The molecule has 0 spiro atoms. The Morgan fingerprint density at radius 2 is 0.414 bits per heavy atom. The third kappa shape index (κ3) is 12.1. The second-order valence-electron chi connectivity index (χ2n) is 29.4. The summed E-state index contributed by atoms with van der Waals surface area (Å²) in [6, 6.07) is 51.4. The molecule has 11 rings (SSSR count). The van der Waals surface area contributed by atoms with Crippen molar-refractivity contribution in [1.82, 2.24) is 39.9 Å². The van der Waals surface area contributed by atoms with Crippen LogP contribution in [0.4, 0.5) is 0 Å². The number of nitrogens with zero attached hydrogens (tertiary/aromatic N) is 8. The van der Waals surface area contributed by atoms with Crippen LogP contribution in [0.25, 0.3) is 89.8 Å². The van der Waals surface area contributed by atoms with Crippen molar-refractivity contribution >= 4 is 45.3 Å². The van der Waals surface area contributed by atoms with Gasteiger partial charge in [-0.15, -0.1) is 0 Å². The van der Waals surface area contributed by atoms with Crippen molar-refractivity contribution in [1.29, 1.82) is 0 Å². The Kier molecular flexibility index (Phi) is 15.8. The van der Waals surface area contributed by atoms with Gasteiger partial charge in [0.2, 0.25) is 0 Å². The Bertz CT molecular complexity index is 4060. The summed E-state index contributed by atoms with van der Waals surface area (Å²) in [5.74, 6) is -0.648. The van der Waals surface area contributed by atoms with Gasteiger partial charge in [0.25, 0.3) is 0 Å². The van der Waals surface area contributed by atoms with Gasteiger partial charge in [-0.1, -0.05) is 270 Å². The minimum atomic E-state index is -0.546. The molecule has 0 aliphatic carbocycles. The first-order chi connectivity index (χ1) is 40.2. The molecule has 2 aliphatic heterocycles. The largest absolute Gasteiger partial charge is 2.00 e. The molecule has 0 saturated carbocycles. The molecule has 0 atom stereocenters. The first-order valence-electron chi connectivity index (χ1n) is 30.0. The first kappa shape index (κ1) is 61.8. The van der Waals surface area contributed by atoms with Crippen molar-refractivity contribution in [2.45, 2.75) is 157 Å². The van der Waals surface area contributed by atoms with Gasteiger partial charge in [0, 0.05) is 56.0 Å². The van der Waals surface area contributed by atoms with Gasteiger partial charge in [0.05, 0.1) is 11.6 Å². The summed E-state index contributed by atoms with van der Waals surface area (Å²) < 4.78 is 0. The third-order valence-electron chi connectivity index (χ3n) is 16.7. The first-order valence-corrected chi connectivity index (χ1v) is 30.0. The van der Waals surface area contributed by atoms with Crippen LogP contribution < -0.4 is 9.97 Å². The van der Waals surface area contributed by atoms with Gasteiger partial charge in [-0.25, -0.2) is 9.97 Å². The maximum atomic E-state index is 12.1. The molecule has 1 radical (unpaired) electrons. The molecule has 9 aromatic rings. The maximum Gasteiger partial charge on any atom is 2.00 e. The summed E-state index contributed by atoms with van der Waals surface area (Å²) >= 11 is 0. The van der Waals surface area contributed by atoms with E-state index in [2.05, 4.69) is 270 Å². The molecule has 3 aromatic heterocycles. The van der Waals surface area contributed by atoms with E-state index in [0.29, 0.717) is 45.2 Å². The van der Waals surface area contributed by atoms with Gasteiger partial charge < -0.3 is 40.1 Å². The molecule has 2 aliphatic rings. The standard InChI is InChI=1S/C76H80N8O2.Cu/c1-71(2,3)49-31-19-43(20-32-49)55-56(44-21-33-50(34-22-44)72(4,5)6)64-77-63(55)78-65-57(45-23-35-51(36-24-45)73(7,8)9)59(47-27-39-53(40-28-47)75(13,14)15)67(80-65)82-69-61(85)62(86)70(84-69)83-68-60(48-29-41-54(42-30-48)76(16,17)18)58(66(79-64)81-68)46-25-37-52(38-26-46)74(10,11)12;/h19-42H,1-18H3,(H2-2,77,78,79,80,81,82,83,84,85,86);/q-2;+2. The monoisotopic (exact) mass is 1200 g/mol. The van der Waals surface area contributed by atoms with E-state index in [1.807, 2.05) is 0 Å². The minimum Gasteiger partial charge on any atom is -0.503 e. The van der Waals surface area contributed by atoms with Crippen molar-refractivity contribution in [2.24, 2.45) is 0 Å². The quantitative estimate of drug-likeness (QED) is 0.154. The number of hydrogen-bond acceptors (Lipinski definition) is 8. The molecule has 0 unspecified atom stereocenters. The van der Waals surface area contributed by atoms with E-state index in [-0.39, 0.29) is 72.5 Å². The number of hydrogen-bond donors (Lipinski definition) is 2. The summed E-state index contributed by atoms with van der Waals surface area (Å²) in [5.41, 5.74) is 16.8.